The summed E-state index contributed by atoms with van der Waals surface area (Å²) < 4.78 is 1.84. The van der Waals surface area contributed by atoms with E-state index >= 15 is 0 Å². The van der Waals surface area contributed by atoms with Crippen LogP contribution in [0.1, 0.15) is 30.0 Å². The second kappa shape index (κ2) is 8.27. The number of thiophene rings is 1. The largest absolute Gasteiger partial charge is 0.339 e. The van der Waals surface area contributed by atoms with Crippen molar-refractivity contribution in [1.29, 1.82) is 0 Å². The van der Waals surface area contributed by atoms with E-state index in [-0.39, 0.29) is 16.9 Å². The Balaban J connectivity index is 1.31. The molecule has 1 aromatic carbocycles. The van der Waals surface area contributed by atoms with Crippen LogP contribution in [0.5, 0.6) is 0 Å². The first kappa shape index (κ1) is 19.9. The third-order valence-corrected chi connectivity index (χ3v) is 7.42. The van der Waals surface area contributed by atoms with E-state index in [1.54, 1.807) is 23.5 Å². The molecule has 0 bridgehead atoms. The molecule has 0 radical (unpaired) electrons. The van der Waals surface area contributed by atoms with E-state index in [1.807, 2.05) is 63.4 Å². The molecule has 1 unspecified atom stereocenters. The van der Waals surface area contributed by atoms with Crippen LogP contribution < -0.4 is 5.56 Å². The van der Waals surface area contributed by atoms with E-state index in [0.717, 1.165) is 60.7 Å². The molecule has 5 rings (SSSR count). The highest BCUT2D eigenvalue weighted by molar-refractivity contribution is 7.10. The number of aryl methyl sites for hydroxylation is 1. The smallest absolute Gasteiger partial charge is 0.254 e. The molecule has 6 heteroatoms. The lowest BCUT2D eigenvalue weighted by Gasteiger charge is -2.27. The lowest BCUT2D eigenvalue weighted by atomic mass is 9.80. The minimum absolute atomic E-state index is 0.0192. The molecule has 3 aromatic rings. The van der Waals surface area contributed by atoms with Crippen molar-refractivity contribution in [2.45, 2.75) is 32.2 Å². The molecule has 2 aromatic heterocycles. The molecule has 0 aliphatic carbocycles. The fourth-order valence-electron chi connectivity index (χ4n) is 4.77. The summed E-state index contributed by atoms with van der Waals surface area (Å²) in [4.78, 5) is 33.4. The number of nitrogens with zero attached hydrogens (tertiary/aromatic N) is 3. The van der Waals surface area contributed by atoms with Gasteiger partial charge in [-0.1, -0.05) is 36.4 Å². The monoisotopic (exact) mass is 431 g/mol. The summed E-state index contributed by atoms with van der Waals surface area (Å²) in [7, 11) is 0. The van der Waals surface area contributed by atoms with Crippen LogP contribution in [0.4, 0.5) is 0 Å². The van der Waals surface area contributed by atoms with E-state index in [9.17, 15) is 9.59 Å². The topological polar surface area (TPSA) is 55.2 Å². The lowest BCUT2D eigenvalue weighted by molar-refractivity contribution is -0.125. The number of benzene rings is 1. The van der Waals surface area contributed by atoms with Gasteiger partial charge in [0.1, 0.15) is 5.82 Å². The van der Waals surface area contributed by atoms with E-state index < -0.39 is 0 Å². The molecule has 1 atom stereocenters. The fourth-order valence-corrected chi connectivity index (χ4v) is 5.39. The summed E-state index contributed by atoms with van der Waals surface area (Å²) >= 11 is 1.63. The average Bonchev–Trinajstić information content (AvgIpc) is 3.42. The Morgan fingerprint density at radius 2 is 1.90 bits per heavy atom. The second-order valence-electron chi connectivity index (χ2n) is 8.52. The number of aromatic nitrogens is 2. The molecule has 0 saturated carbocycles. The summed E-state index contributed by atoms with van der Waals surface area (Å²) in [5.41, 5.74) is 1.80. The Hall–Kier alpha value is -2.99. The van der Waals surface area contributed by atoms with Gasteiger partial charge in [-0.3, -0.25) is 14.2 Å². The first-order valence-electron chi connectivity index (χ1n) is 10.8. The minimum atomic E-state index is 0.0192. The lowest BCUT2D eigenvalue weighted by Crippen LogP contribution is -2.31. The predicted molar refractivity (Wildman–Crippen MR) is 124 cm³/mol. The number of carbonyl (C=O) groups excluding carboxylic acids is 1. The molecular weight excluding hydrogens is 406 g/mol. The minimum Gasteiger partial charge on any atom is -0.339 e. The Labute approximate surface area is 185 Å². The second-order valence-corrected chi connectivity index (χ2v) is 9.50. The molecule has 1 saturated heterocycles. The zero-order valence-corrected chi connectivity index (χ0v) is 18.2. The molecule has 31 heavy (non-hydrogen) atoms. The van der Waals surface area contributed by atoms with Crippen molar-refractivity contribution in [3.05, 3.63) is 81.0 Å². The number of hydrogen-bond donors (Lipinski definition) is 0. The molecule has 1 spiro atoms. The summed E-state index contributed by atoms with van der Waals surface area (Å²) in [6, 6.07) is 15.5. The molecular formula is C25H25N3O2S. The zero-order chi connectivity index (χ0) is 21.3. The van der Waals surface area contributed by atoms with E-state index in [4.69, 9.17) is 4.98 Å². The molecule has 1 fully saturated rings. The molecule has 0 N–H and O–H groups in total. The van der Waals surface area contributed by atoms with Gasteiger partial charge < -0.3 is 4.90 Å². The van der Waals surface area contributed by atoms with Gasteiger partial charge in [-0.05, 0) is 42.2 Å². The van der Waals surface area contributed by atoms with Gasteiger partial charge in [0.2, 0.25) is 5.91 Å². The Bertz CT molecular complexity index is 1170. The van der Waals surface area contributed by atoms with Crippen molar-refractivity contribution in [2.24, 2.45) is 5.41 Å². The number of hydrogen-bond acceptors (Lipinski definition) is 4. The van der Waals surface area contributed by atoms with Crippen molar-refractivity contribution in [3.8, 4) is 11.3 Å². The van der Waals surface area contributed by atoms with Gasteiger partial charge in [-0.15, -0.1) is 11.3 Å². The highest BCUT2D eigenvalue weighted by Gasteiger charge is 2.40. The van der Waals surface area contributed by atoms with Crippen LogP contribution in [0.3, 0.4) is 0 Å². The SMILES string of the molecule is O=C(/C=C/c1cccs1)N1CCC2(CCc3nc(-c4ccccc4)cc(=O)n3CC2)C1. The van der Waals surface area contributed by atoms with Gasteiger partial charge in [-0.2, -0.15) is 0 Å². The predicted octanol–water partition coefficient (Wildman–Crippen LogP) is 4.24. The van der Waals surface area contributed by atoms with Crippen molar-refractivity contribution >= 4 is 23.3 Å². The Kier molecular flexibility index (Phi) is 5.32. The number of fused-ring (bicyclic) bond motifs is 1. The van der Waals surface area contributed by atoms with Gasteiger partial charge in [0, 0.05) is 48.6 Å². The zero-order valence-electron chi connectivity index (χ0n) is 17.4. The average molecular weight is 432 g/mol. The van der Waals surface area contributed by atoms with Crippen LogP contribution in [-0.4, -0.2) is 33.4 Å². The Morgan fingerprint density at radius 1 is 1.06 bits per heavy atom. The molecule has 4 heterocycles. The first-order valence-corrected chi connectivity index (χ1v) is 11.7. The molecule has 2 aliphatic rings. The maximum Gasteiger partial charge on any atom is 0.254 e. The third kappa shape index (κ3) is 4.12. The van der Waals surface area contributed by atoms with Gasteiger partial charge in [-0.25, -0.2) is 4.98 Å². The van der Waals surface area contributed by atoms with Crippen molar-refractivity contribution < 1.29 is 4.79 Å². The number of rotatable bonds is 3. The standard InChI is InChI=1S/C25H25N3O2S/c29-23(9-8-20-7-4-16-31-20)27-14-12-25(18-27)11-10-22-26-21(19-5-2-1-3-6-19)17-24(30)28(22)15-13-25/h1-9,16-17H,10-15,18H2/b9-8+. The van der Waals surface area contributed by atoms with Crippen molar-refractivity contribution in [2.75, 3.05) is 13.1 Å². The van der Waals surface area contributed by atoms with Crippen LogP contribution in [0, 0.1) is 5.41 Å². The van der Waals surface area contributed by atoms with Crippen molar-refractivity contribution in [1.82, 2.24) is 14.5 Å². The van der Waals surface area contributed by atoms with Gasteiger partial charge in [0.15, 0.2) is 0 Å². The summed E-state index contributed by atoms with van der Waals surface area (Å²) in [6.07, 6.45) is 7.20. The number of likely N-dealkylation sites (tertiary alicyclic amines) is 1. The summed E-state index contributed by atoms with van der Waals surface area (Å²) in [6.45, 7) is 2.21. The van der Waals surface area contributed by atoms with Crippen LogP contribution >= 0.6 is 11.3 Å². The molecule has 5 nitrogen and oxygen atoms in total. The third-order valence-electron chi connectivity index (χ3n) is 6.58. The highest BCUT2D eigenvalue weighted by atomic mass is 32.1. The summed E-state index contributed by atoms with van der Waals surface area (Å²) in [5, 5.41) is 2.01. The molecule has 1 amide bonds. The number of amides is 1. The van der Waals surface area contributed by atoms with Gasteiger partial charge in [0.05, 0.1) is 5.69 Å². The van der Waals surface area contributed by atoms with Crippen LogP contribution in [0.15, 0.2) is 64.8 Å². The van der Waals surface area contributed by atoms with Crippen LogP contribution in [0.2, 0.25) is 0 Å². The quantitative estimate of drug-likeness (QED) is 0.583. The normalized spacial score (nSPS) is 20.8. The molecule has 158 valence electrons. The van der Waals surface area contributed by atoms with E-state index in [0.29, 0.717) is 6.54 Å². The maximum absolute atomic E-state index is 12.8. The Morgan fingerprint density at radius 3 is 2.71 bits per heavy atom. The van der Waals surface area contributed by atoms with Gasteiger partial charge in [0.25, 0.3) is 5.56 Å². The number of carbonyl (C=O) groups is 1. The van der Waals surface area contributed by atoms with Crippen LogP contribution in [0.25, 0.3) is 17.3 Å². The molecule has 2 aliphatic heterocycles. The van der Waals surface area contributed by atoms with Crippen LogP contribution in [-0.2, 0) is 17.8 Å². The van der Waals surface area contributed by atoms with E-state index in [2.05, 4.69) is 0 Å². The summed E-state index contributed by atoms with van der Waals surface area (Å²) in [5.74, 6) is 0.944. The maximum atomic E-state index is 12.8. The highest BCUT2D eigenvalue weighted by Crippen LogP contribution is 2.40. The van der Waals surface area contributed by atoms with Crippen molar-refractivity contribution in [3.63, 3.8) is 0 Å². The fraction of sp³-hybridized carbons (Fsp3) is 0.320. The van der Waals surface area contributed by atoms with E-state index in [1.165, 1.54) is 0 Å². The first-order chi connectivity index (χ1) is 15.1. The van der Waals surface area contributed by atoms with Gasteiger partial charge >= 0.3 is 0 Å².